The second kappa shape index (κ2) is 7.57. The van der Waals surface area contributed by atoms with Crippen LogP contribution in [0.2, 0.25) is 0 Å². The van der Waals surface area contributed by atoms with Gasteiger partial charge in [0.05, 0.1) is 17.7 Å². The molecule has 1 aromatic carbocycles. The summed E-state index contributed by atoms with van der Waals surface area (Å²) in [7, 11) is 1.19. The molecule has 2 amide bonds. The van der Waals surface area contributed by atoms with E-state index in [4.69, 9.17) is 0 Å². The van der Waals surface area contributed by atoms with E-state index < -0.39 is 11.0 Å². The number of nitro benzene ring substituents is 1. The molecule has 1 aromatic rings. The highest BCUT2D eigenvalue weighted by Crippen LogP contribution is 2.28. The molecule has 0 aromatic heterocycles. The number of nitrogens with zero attached hydrogens (tertiary/aromatic N) is 1. The molecule has 0 bridgehead atoms. The molecule has 1 fully saturated rings. The molecule has 0 saturated heterocycles. The third kappa shape index (κ3) is 4.67. The van der Waals surface area contributed by atoms with Gasteiger partial charge in [-0.3, -0.25) is 20.2 Å². The number of ether oxygens (including phenoxy) is 1. The molecule has 8 nitrogen and oxygen atoms in total. The van der Waals surface area contributed by atoms with Crippen LogP contribution in [0.15, 0.2) is 18.2 Å². The van der Waals surface area contributed by atoms with Gasteiger partial charge in [-0.15, -0.1) is 0 Å². The molecule has 0 atom stereocenters. The van der Waals surface area contributed by atoms with Crippen molar-refractivity contribution in [2.45, 2.75) is 32.1 Å². The molecule has 0 heterocycles. The lowest BCUT2D eigenvalue weighted by molar-refractivity contribution is -0.384. The van der Waals surface area contributed by atoms with Gasteiger partial charge in [-0.05, 0) is 18.9 Å². The number of nitro groups is 1. The summed E-state index contributed by atoms with van der Waals surface area (Å²) in [5, 5.41) is 16.1. The SMILES string of the molecule is COC(=O)Nc1cc(NC(=O)C2CCCCC2)cc([N+](=O)[O-])c1. The van der Waals surface area contributed by atoms with Crippen molar-refractivity contribution in [1.82, 2.24) is 0 Å². The Morgan fingerprint density at radius 1 is 1.13 bits per heavy atom. The van der Waals surface area contributed by atoms with Gasteiger partial charge < -0.3 is 10.1 Å². The molecular formula is C15H19N3O5. The molecule has 1 aliphatic carbocycles. The third-order valence-corrected chi connectivity index (χ3v) is 3.80. The smallest absolute Gasteiger partial charge is 0.411 e. The van der Waals surface area contributed by atoms with Crippen molar-refractivity contribution in [2.75, 3.05) is 17.7 Å². The number of hydrogen-bond acceptors (Lipinski definition) is 5. The molecule has 8 heteroatoms. The number of methoxy groups -OCH3 is 1. The number of anilines is 2. The summed E-state index contributed by atoms with van der Waals surface area (Å²) in [6.45, 7) is 0. The lowest BCUT2D eigenvalue weighted by Crippen LogP contribution is -2.24. The average Bonchev–Trinajstić information content (AvgIpc) is 2.55. The van der Waals surface area contributed by atoms with Gasteiger partial charge in [0.25, 0.3) is 5.69 Å². The zero-order valence-electron chi connectivity index (χ0n) is 12.8. The maximum Gasteiger partial charge on any atom is 0.411 e. The molecule has 1 saturated carbocycles. The predicted octanol–water partition coefficient (Wildman–Crippen LogP) is 3.29. The van der Waals surface area contributed by atoms with Crippen LogP contribution in [0, 0.1) is 16.0 Å². The molecular weight excluding hydrogens is 302 g/mol. The van der Waals surface area contributed by atoms with Gasteiger partial charge in [0.15, 0.2) is 0 Å². The monoisotopic (exact) mass is 321 g/mol. The number of hydrogen-bond donors (Lipinski definition) is 2. The van der Waals surface area contributed by atoms with E-state index in [0.29, 0.717) is 0 Å². The average molecular weight is 321 g/mol. The summed E-state index contributed by atoms with van der Waals surface area (Å²) in [5.41, 5.74) is 0.240. The quantitative estimate of drug-likeness (QED) is 0.653. The number of carbonyl (C=O) groups excluding carboxylic acids is 2. The summed E-state index contributed by atoms with van der Waals surface area (Å²) in [6.07, 6.45) is 4.08. The molecule has 2 N–H and O–H groups in total. The van der Waals surface area contributed by atoms with Gasteiger partial charge >= 0.3 is 6.09 Å². The Hall–Kier alpha value is -2.64. The van der Waals surface area contributed by atoms with Crippen LogP contribution in [-0.2, 0) is 9.53 Å². The fraction of sp³-hybridized carbons (Fsp3) is 0.467. The Labute approximate surface area is 133 Å². The summed E-state index contributed by atoms with van der Waals surface area (Å²) in [5.74, 6) is -0.214. The Morgan fingerprint density at radius 3 is 2.30 bits per heavy atom. The fourth-order valence-electron chi connectivity index (χ4n) is 2.64. The molecule has 2 rings (SSSR count). The minimum Gasteiger partial charge on any atom is -0.453 e. The van der Waals surface area contributed by atoms with E-state index in [2.05, 4.69) is 15.4 Å². The first-order chi connectivity index (χ1) is 11.0. The van der Waals surface area contributed by atoms with E-state index in [-0.39, 0.29) is 28.9 Å². The standard InChI is InChI=1S/C15H19N3O5/c1-23-15(20)17-12-7-11(8-13(9-12)18(21)22)16-14(19)10-5-3-2-4-6-10/h7-10H,2-6H2,1H3,(H,16,19)(H,17,20). The maximum atomic E-state index is 12.2. The van der Waals surface area contributed by atoms with Gasteiger partial charge in [-0.25, -0.2) is 4.79 Å². The van der Waals surface area contributed by atoms with Crippen LogP contribution in [0.5, 0.6) is 0 Å². The lowest BCUT2D eigenvalue weighted by Gasteiger charge is -2.20. The Kier molecular flexibility index (Phi) is 5.51. The predicted molar refractivity (Wildman–Crippen MR) is 84.3 cm³/mol. The van der Waals surface area contributed by atoms with Crippen LogP contribution in [0.3, 0.4) is 0 Å². The fourth-order valence-corrected chi connectivity index (χ4v) is 2.64. The summed E-state index contributed by atoms with van der Waals surface area (Å²) >= 11 is 0. The molecule has 0 radical (unpaired) electrons. The summed E-state index contributed by atoms with van der Waals surface area (Å²) < 4.78 is 4.46. The van der Waals surface area contributed by atoms with Crippen molar-refractivity contribution in [3.63, 3.8) is 0 Å². The Bertz CT molecular complexity index is 611. The minimum atomic E-state index is -0.741. The molecule has 0 aliphatic heterocycles. The van der Waals surface area contributed by atoms with Crippen LogP contribution < -0.4 is 10.6 Å². The Balaban J connectivity index is 2.17. The van der Waals surface area contributed by atoms with E-state index in [1.54, 1.807) is 0 Å². The summed E-state index contributed by atoms with van der Waals surface area (Å²) in [6, 6.07) is 3.93. The van der Waals surface area contributed by atoms with Gasteiger partial charge in [-0.2, -0.15) is 0 Å². The van der Waals surface area contributed by atoms with Crippen LogP contribution >= 0.6 is 0 Å². The zero-order valence-corrected chi connectivity index (χ0v) is 12.8. The summed E-state index contributed by atoms with van der Waals surface area (Å²) in [4.78, 5) is 33.9. The highest BCUT2D eigenvalue weighted by molar-refractivity contribution is 5.94. The number of benzene rings is 1. The number of amides is 2. The molecule has 0 unspecified atom stereocenters. The molecule has 0 spiro atoms. The number of carbonyl (C=O) groups is 2. The van der Waals surface area contributed by atoms with E-state index in [1.807, 2.05) is 0 Å². The number of rotatable bonds is 4. The van der Waals surface area contributed by atoms with Crippen molar-refractivity contribution in [2.24, 2.45) is 5.92 Å². The van der Waals surface area contributed by atoms with E-state index in [0.717, 1.165) is 32.1 Å². The van der Waals surface area contributed by atoms with Crippen molar-refractivity contribution in [3.05, 3.63) is 28.3 Å². The first kappa shape index (κ1) is 16.7. The highest BCUT2D eigenvalue weighted by Gasteiger charge is 2.22. The number of nitrogens with one attached hydrogen (secondary N) is 2. The van der Waals surface area contributed by atoms with Gasteiger partial charge in [0.1, 0.15) is 0 Å². The van der Waals surface area contributed by atoms with Crippen LogP contribution in [-0.4, -0.2) is 24.0 Å². The van der Waals surface area contributed by atoms with E-state index in [1.165, 1.54) is 25.3 Å². The lowest BCUT2D eigenvalue weighted by atomic mass is 9.88. The van der Waals surface area contributed by atoms with Gasteiger partial charge in [-0.1, -0.05) is 19.3 Å². The van der Waals surface area contributed by atoms with Gasteiger partial charge in [0, 0.05) is 23.7 Å². The van der Waals surface area contributed by atoms with Crippen molar-refractivity contribution >= 4 is 29.1 Å². The molecule has 1 aliphatic rings. The van der Waals surface area contributed by atoms with Crippen LogP contribution in [0.1, 0.15) is 32.1 Å². The first-order valence-corrected chi connectivity index (χ1v) is 7.45. The molecule has 23 heavy (non-hydrogen) atoms. The topological polar surface area (TPSA) is 111 Å². The first-order valence-electron chi connectivity index (χ1n) is 7.45. The third-order valence-electron chi connectivity index (χ3n) is 3.80. The van der Waals surface area contributed by atoms with Gasteiger partial charge in [0.2, 0.25) is 5.91 Å². The molecule has 124 valence electrons. The van der Waals surface area contributed by atoms with Crippen molar-refractivity contribution in [1.29, 1.82) is 0 Å². The minimum absolute atomic E-state index is 0.0694. The zero-order chi connectivity index (χ0) is 16.8. The van der Waals surface area contributed by atoms with Crippen LogP contribution in [0.4, 0.5) is 21.9 Å². The largest absolute Gasteiger partial charge is 0.453 e. The van der Waals surface area contributed by atoms with Crippen molar-refractivity contribution < 1.29 is 19.2 Å². The maximum absolute atomic E-state index is 12.2. The van der Waals surface area contributed by atoms with Crippen molar-refractivity contribution in [3.8, 4) is 0 Å². The second-order valence-corrected chi connectivity index (χ2v) is 5.47. The number of non-ortho nitro benzene ring substituents is 1. The highest BCUT2D eigenvalue weighted by atomic mass is 16.6. The van der Waals surface area contributed by atoms with E-state index >= 15 is 0 Å². The Morgan fingerprint density at radius 2 is 1.74 bits per heavy atom. The normalized spacial score (nSPS) is 14.8. The van der Waals surface area contributed by atoms with Crippen LogP contribution in [0.25, 0.3) is 0 Å². The van der Waals surface area contributed by atoms with E-state index in [9.17, 15) is 19.7 Å². The second-order valence-electron chi connectivity index (χ2n) is 5.47.